The Labute approximate surface area is 190 Å². The van der Waals surface area contributed by atoms with Crippen LogP contribution in [-0.4, -0.2) is 20.0 Å². The molecule has 0 fully saturated rings. The molecule has 0 aromatic heterocycles. The molecular formula is C26H33F3O2Si. The fourth-order valence-corrected chi connectivity index (χ4v) is 3.89. The lowest BCUT2D eigenvalue weighted by Crippen LogP contribution is -2.40. The number of hydrogen-bond donors (Lipinski definition) is 1. The van der Waals surface area contributed by atoms with E-state index in [1.807, 2.05) is 42.5 Å². The van der Waals surface area contributed by atoms with E-state index in [-0.39, 0.29) is 5.04 Å². The van der Waals surface area contributed by atoms with Crippen molar-refractivity contribution in [2.24, 2.45) is 0 Å². The van der Waals surface area contributed by atoms with Gasteiger partial charge in [-0.25, -0.2) is 0 Å². The van der Waals surface area contributed by atoms with Gasteiger partial charge in [0.1, 0.15) is 0 Å². The standard InChI is InChI=1S/C26H33F3O2Si/c1-25(2,3)32(4,5)31-19-11-7-10-14-23(24(30)21-12-8-6-9-13-21)20-15-17-22(18-16-20)26(27,28)29/h6-18,23-24,30H,19H2,1-5H3/b11-7+,14-10-/t23-,24-/m1/s1. The molecule has 0 heterocycles. The third kappa shape index (κ3) is 7.19. The normalized spacial score (nSPS) is 15.4. The lowest BCUT2D eigenvalue weighted by molar-refractivity contribution is -0.137. The van der Waals surface area contributed by atoms with Crippen LogP contribution in [0.1, 0.15) is 49.5 Å². The van der Waals surface area contributed by atoms with Crippen LogP contribution >= 0.6 is 0 Å². The van der Waals surface area contributed by atoms with E-state index in [9.17, 15) is 18.3 Å². The number of aliphatic hydroxyl groups excluding tert-OH is 1. The van der Waals surface area contributed by atoms with Crippen LogP contribution in [0.25, 0.3) is 0 Å². The highest BCUT2D eigenvalue weighted by Gasteiger charge is 2.36. The maximum Gasteiger partial charge on any atom is 0.416 e. The highest BCUT2D eigenvalue weighted by atomic mass is 28.4. The third-order valence-corrected chi connectivity index (χ3v) is 10.5. The van der Waals surface area contributed by atoms with Crippen molar-refractivity contribution in [3.05, 3.63) is 95.6 Å². The summed E-state index contributed by atoms with van der Waals surface area (Å²) >= 11 is 0. The van der Waals surface area contributed by atoms with E-state index in [0.717, 1.165) is 12.1 Å². The Kier molecular flexibility index (Phi) is 8.68. The molecule has 6 heteroatoms. The number of alkyl halides is 3. The number of halogens is 3. The highest BCUT2D eigenvalue weighted by Crippen LogP contribution is 2.37. The second-order valence-electron chi connectivity index (χ2n) is 9.39. The monoisotopic (exact) mass is 462 g/mol. The van der Waals surface area contributed by atoms with Gasteiger partial charge in [0, 0.05) is 5.92 Å². The summed E-state index contributed by atoms with van der Waals surface area (Å²) in [5.41, 5.74) is 0.602. The minimum absolute atomic E-state index is 0.129. The largest absolute Gasteiger partial charge is 0.416 e. The summed E-state index contributed by atoms with van der Waals surface area (Å²) in [6.45, 7) is 11.4. The van der Waals surface area contributed by atoms with Gasteiger partial charge in [0.25, 0.3) is 0 Å². The minimum Gasteiger partial charge on any atom is -0.413 e. The first-order chi connectivity index (χ1) is 14.8. The topological polar surface area (TPSA) is 29.5 Å². The van der Waals surface area contributed by atoms with Gasteiger partial charge in [-0.3, -0.25) is 0 Å². The van der Waals surface area contributed by atoms with E-state index in [2.05, 4.69) is 33.9 Å². The summed E-state index contributed by atoms with van der Waals surface area (Å²) in [6, 6.07) is 14.1. The molecular weight excluding hydrogens is 429 g/mol. The number of aliphatic hydroxyl groups is 1. The maximum absolute atomic E-state index is 12.9. The first kappa shape index (κ1) is 26.1. The molecule has 2 aromatic carbocycles. The van der Waals surface area contributed by atoms with Crippen molar-refractivity contribution >= 4 is 8.32 Å². The van der Waals surface area contributed by atoms with E-state index >= 15 is 0 Å². The van der Waals surface area contributed by atoms with Gasteiger partial charge in [-0.05, 0) is 41.4 Å². The Bertz CT molecular complexity index is 895. The lowest BCUT2D eigenvalue weighted by atomic mass is 9.88. The van der Waals surface area contributed by atoms with Gasteiger partial charge in [-0.2, -0.15) is 13.2 Å². The van der Waals surface area contributed by atoms with Gasteiger partial charge in [-0.1, -0.05) is 87.5 Å². The molecule has 2 rings (SSSR count). The van der Waals surface area contributed by atoms with Crippen molar-refractivity contribution in [2.45, 2.75) is 57.1 Å². The van der Waals surface area contributed by atoms with E-state index in [0.29, 0.717) is 17.7 Å². The summed E-state index contributed by atoms with van der Waals surface area (Å²) in [6.07, 6.45) is 2.10. The smallest absolute Gasteiger partial charge is 0.413 e. The molecule has 0 unspecified atom stereocenters. The average molecular weight is 463 g/mol. The molecule has 2 aromatic rings. The number of benzene rings is 2. The molecule has 2 atom stereocenters. The van der Waals surface area contributed by atoms with Crippen molar-refractivity contribution < 1.29 is 22.7 Å². The van der Waals surface area contributed by atoms with Crippen molar-refractivity contribution in [1.82, 2.24) is 0 Å². The van der Waals surface area contributed by atoms with E-state index in [1.54, 1.807) is 12.1 Å². The number of hydrogen-bond acceptors (Lipinski definition) is 2. The fourth-order valence-electron chi connectivity index (χ4n) is 2.94. The van der Waals surface area contributed by atoms with Gasteiger partial charge >= 0.3 is 6.18 Å². The molecule has 174 valence electrons. The Hall–Kier alpha value is -2.15. The van der Waals surface area contributed by atoms with Crippen LogP contribution in [0, 0.1) is 0 Å². The van der Waals surface area contributed by atoms with Gasteiger partial charge in [-0.15, -0.1) is 0 Å². The van der Waals surface area contributed by atoms with Crippen LogP contribution in [-0.2, 0) is 10.6 Å². The van der Waals surface area contributed by atoms with E-state index in [1.165, 1.54) is 12.1 Å². The van der Waals surface area contributed by atoms with E-state index in [4.69, 9.17) is 4.43 Å². The molecule has 1 N–H and O–H groups in total. The Balaban J connectivity index is 2.18. The molecule has 0 aliphatic rings. The number of allylic oxidation sites excluding steroid dienone is 2. The maximum atomic E-state index is 12.9. The minimum atomic E-state index is -4.39. The summed E-state index contributed by atoms with van der Waals surface area (Å²) in [7, 11) is -1.83. The van der Waals surface area contributed by atoms with Crippen LogP contribution in [0.15, 0.2) is 78.9 Å². The quantitative estimate of drug-likeness (QED) is 0.322. The first-order valence-electron chi connectivity index (χ1n) is 10.7. The first-order valence-corrected chi connectivity index (χ1v) is 13.6. The Morgan fingerprint density at radius 3 is 2.03 bits per heavy atom. The summed E-state index contributed by atoms with van der Waals surface area (Å²) < 4.78 is 44.9. The second-order valence-corrected chi connectivity index (χ2v) is 14.2. The SMILES string of the molecule is CC(C)(C)[Si](C)(C)OC/C=C/C=C\[C@H](c1ccc(C(F)(F)F)cc1)[C@H](O)c1ccccc1. The Morgan fingerprint density at radius 2 is 1.50 bits per heavy atom. The van der Waals surface area contributed by atoms with E-state index < -0.39 is 32.1 Å². The molecule has 0 amide bonds. The molecule has 0 radical (unpaired) electrons. The van der Waals surface area contributed by atoms with Gasteiger partial charge in [0.05, 0.1) is 18.3 Å². The molecule has 0 bridgehead atoms. The molecule has 0 saturated heterocycles. The zero-order valence-corrected chi connectivity index (χ0v) is 20.4. The zero-order valence-electron chi connectivity index (χ0n) is 19.4. The second kappa shape index (κ2) is 10.6. The average Bonchev–Trinajstić information content (AvgIpc) is 2.72. The van der Waals surface area contributed by atoms with Crippen LogP contribution in [0.2, 0.25) is 18.1 Å². The van der Waals surface area contributed by atoms with Crippen LogP contribution in [0.4, 0.5) is 13.2 Å². The summed E-state index contributed by atoms with van der Waals surface area (Å²) in [5, 5.41) is 11.1. The molecule has 0 aliphatic heterocycles. The van der Waals surface area contributed by atoms with Crippen LogP contribution in [0.5, 0.6) is 0 Å². The third-order valence-electron chi connectivity index (χ3n) is 6.02. The van der Waals surface area contributed by atoms with Gasteiger partial charge in [0.2, 0.25) is 0 Å². The molecule has 0 aliphatic carbocycles. The predicted octanol–water partition coefficient (Wildman–Crippen LogP) is 7.66. The van der Waals surface area contributed by atoms with Crippen LogP contribution < -0.4 is 0 Å². The molecule has 0 saturated carbocycles. The lowest BCUT2D eigenvalue weighted by Gasteiger charge is -2.35. The predicted molar refractivity (Wildman–Crippen MR) is 127 cm³/mol. The highest BCUT2D eigenvalue weighted by molar-refractivity contribution is 6.74. The van der Waals surface area contributed by atoms with Crippen molar-refractivity contribution in [3.63, 3.8) is 0 Å². The Morgan fingerprint density at radius 1 is 0.906 bits per heavy atom. The van der Waals surface area contributed by atoms with Crippen molar-refractivity contribution in [3.8, 4) is 0 Å². The summed E-state index contributed by atoms with van der Waals surface area (Å²) in [5.74, 6) is -0.495. The van der Waals surface area contributed by atoms with Crippen molar-refractivity contribution in [1.29, 1.82) is 0 Å². The molecule has 2 nitrogen and oxygen atoms in total. The number of rotatable bonds is 8. The van der Waals surface area contributed by atoms with Gasteiger partial charge < -0.3 is 9.53 Å². The van der Waals surface area contributed by atoms with Gasteiger partial charge in [0.15, 0.2) is 8.32 Å². The summed E-state index contributed by atoms with van der Waals surface area (Å²) in [4.78, 5) is 0. The van der Waals surface area contributed by atoms with Crippen molar-refractivity contribution in [2.75, 3.05) is 6.61 Å². The zero-order chi connectivity index (χ0) is 24.0. The molecule has 32 heavy (non-hydrogen) atoms. The fraction of sp³-hybridized carbons (Fsp3) is 0.385. The van der Waals surface area contributed by atoms with Crippen LogP contribution in [0.3, 0.4) is 0 Å². The molecule has 0 spiro atoms.